The molecule has 2 rings (SSSR count). The number of aryl methyl sites for hydroxylation is 2. The van der Waals surface area contributed by atoms with Crippen LogP contribution in [0.15, 0.2) is 41.3 Å². The smallest absolute Gasteiger partial charge is 0.175 e. The molecule has 5 heteroatoms. The van der Waals surface area contributed by atoms with Gasteiger partial charge in [0.1, 0.15) is 0 Å². The van der Waals surface area contributed by atoms with Gasteiger partial charge in [-0.25, -0.2) is 8.42 Å². The largest absolute Gasteiger partial charge is 0.326 e. The molecule has 0 aliphatic carbocycles. The van der Waals surface area contributed by atoms with E-state index in [4.69, 9.17) is 5.73 Å². The Morgan fingerprint density at radius 1 is 1.00 bits per heavy atom. The van der Waals surface area contributed by atoms with E-state index in [1.54, 1.807) is 18.2 Å². The van der Waals surface area contributed by atoms with Crippen molar-refractivity contribution >= 4 is 22.2 Å². The molecule has 3 nitrogen and oxygen atoms in total. The molecule has 0 bridgehead atoms. The minimum absolute atomic E-state index is 0. The van der Waals surface area contributed by atoms with Gasteiger partial charge in [-0.2, -0.15) is 0 Å². The number of hydrogen-bond acceptors (Lipinski definition) is 3. The summed E-state index contributed by atoms with van der Waals surface area (Å²) in [7, 11) is -3.19. The highest BCUT2D eigenvalue weighted by Gasteiger charge is 2.10. The van der Waals surface area contributed by atoms with Crippen LogP contribution in [0.2, 0.25) is 0 Å². The summed E-state index contributed by atoms with van der Waals surface area (Å²) in [6, 6.07) is 11.1. The van der Waals surface area contributed by atoms with Crippen LogP contribution in [0.4, 0.5) is 0 Å². The van der Waals surface area contributed by atoms with E-state index in [-0.39, 0.29) is 12.4 Å². The topological polar surface area (TPSA) is 60.2 Å². The summed E-state index contributed by atoms with van der Waals surface area (Å²) in [5.74, 6) is 0. The van der Waals surface area contributed by atoms with Crippen LogP contribution in [0.3, 0.4) is 0 Å². The predicted octanol–water partition coefficient (Wildman–Crippen LogP) is 3.25. The van der Waals surface area contributed by atoms with Crippen LogP contribution >= 0.6 is 12.4 Å². The summed E-state index contributed by atoms with van der Waals surface area (Å²) in [4.78, 5) is 0.341. The lowest BCUT2D eigenvalue weighted by molar-refractivity contribution is 0.602. The first-order valence-electron chi connectivity index (χ1n) is 6.43. The summed E-state index contributed by atoms with van der Waals surface area (Å²) >= 11 is 0. The Bertz CT molecular complexity index is 732. The van der Waals surface area contributed by atoms with Gasteiger partial charge in [-0.05, 0) is 53.8 Å². The van der Waals surface area contributed by atoms with Crippen molar-refractivity contribution in [3.8, 4) is 11.1 Å². The summed E-state index contributed by atoms with van der Waals surface area (Å²) in [5, 5.41) is 0. The van der Waals surface area contributed by atoms with Crippen molar-refractivity contribution in [2.75, 3.05) is 6.26 Å². The third kappa shape index (κ3) is 3.84. The molecule has 114 valence electrons. The zero-order valence-corrected chi connectivity index (χ0v) is 14.0. The standard InChI is InChI=1S/C16H19NO2S.ClH/c1-11-7-14(8-12(2)16(11)10-17)13-5-4-6-15(9-13)20(3,18)19;/h4-9H,10,17H2,1-3H3;1H. The SMILES string of the molecule is Cc1cc(-c2cccc(S(C)(=O)=O)c2)cc(C)c1CN.Cl. The number of nitrogens with two attached hydrogens (primary N) is 1. The zero-order chi connectivity index (χ0) is 14.9. The second-order valence-electron chi connectivity index (χ2n) is 5.09. The van der Waals surface area contributed by atoms with Gasteiger partial charge in [-0.1, -0.05) is 24.3 Å². The minimum atomic E-state index is -3.19. The van der Waals surface area contributed by atoms with Gasteiger partial charge >= 0.3 is 0 Å². The van der Waals surface area contributed by atoms with Crippen LogP contribution in [-0.2, 0) is 16.4 Å². The van der Waals surface area contributed by atoms with Gasteiger partial charge in [0.2, 0.25) is 0 Å². The van der Waals surface area contributed by atoms with E-state index in [0.29, 0.717) is 11.4 Å². The highest BCUT2D eigenvalue weighted by molar-refractivity contribution is 7.90. The quantitative estimate of drug-likeness (QED) is 0.942. The van der Waals surface area contributed by atoms with Crippen LogP contribution in [-0.4, -0.2) is 14.7 Å². The molecule has 0 atom stereocenters. The van der Waals surface area contributed by atoms with E-state index in [1.807, 2.05) is 19.9 Å². The molecule has 0 aromatic heterocycles. The first-order chi connectivity index (χ1) is 9.32. The first kappa shape index (κ1) is 17.7. The number of halogens is 1. The molecular formula is C16H20ClNO2S. The molecule has 0 amide bonds. The van der Waals surface area contributed by atoms with Crippen LogP contribution in [0, 0.1) is 13.8 Å². The predicted molar refractivity (Wildman–Crippen MR) is 89.6 cm³/mol. The molecule has 0 spiro atoms. The van der Waals surface area contributed by atoms with Crippen molar-refractivity contribution in [3.63, 3.8) is 0 Å². The molecular weight excluding hydrogens is 306 g/mol. The summed E-state index contributed by atoms with van der Waals surface area (Å²) in [5.41, 5.74) is 11.1. The van der Waals surface area contributed by atoms with Crippen molar-refractivity contribution in [3.05, 3.63) is 53.1 Å². The van der Waals surface area contributed by atoms with Gasteiger partial charge in [-0.3, -0.25) is 0 Å². The Hall–Kier alpha value is -1.36. The molecule has 0 radical (unpaired) electrons. The maximum Gasteiger partial charge on any atom is 0.175 e. The summed E-state index contributed by atoms with van der Waals surface area (Å²) in [6.45, 7) is 4.57. The fourth-order valence-electron chi connectivity index (χ4n) is 2.39. The molecule has 0 aliphatic rings. The van der Waals surface area contributed by atoms with E-state index in [2.05, 4.69) is 12.1 Å². The lowest BCUT2D eigenvalue weighted by atomic mass is 9.96. The van der Waals surface area contributed by atoms with Crippen LogP contribution in [0.5, 0.6) is 0 Å². The van der Waals surface area contributed by atoms with E-state index in [1.165, 1.54) is 6.26 Å². The van der Waals surface area contributed by atoms with Gasteiger partial charge in [0, 0.05) is 12.8 Å². The Balaban J connectivity index is 0.00000220. The highest BCUT2D eigenvalue weighted by Crippen LogP contribution is 2.26. The normalized spacial score (nSPS) is 11.0. The number of hydrogen-bond donors (Lipinski definition) is 1. The monoisotopic (exact) mass is 325 g/mol. The van der Waals surface area contributed by atoms with E-state index in [0.717, 1.165) is 27.8 Å². The average molecular weight is 326 g/mol. The van der Waals surface area contributed by atoms with Crippen molar-refractivity contribution < 1.29 is 8.42 Å². The average Bonchev–Trinajstić information content (AvgIpc) is 2.37. The lowest BCUT2D eigenvalue weighted by Gasteiger charge is -2.12. The third-order valence-corrected chi connectivity index (χ3v) is 4.61. The Morgan fingerprint density at radius 2 is 1.57 bits per heavy atom. The van der Waals surface area contributed by atoms with Gasteiger partial charge in [0.25, 0.3) is 0 Å². The molecule has 21 heavy (non-hydrogen) atoms. The molecule has 0 fully saturated rings. The lowest BCUT2D eigenvalue weighted by Crippen LogP contribution is -2.02. The van der Waals surface area contributed by atoms with Crippen LogP contribution in [0.1, 0.15) is 16.7 Å². The second kappa shape index (κ2) is 6.60. The van der Waals surface area contributed by atoms with Gasteiger partial charge in [0.05, 0.1) is 4.90 Å². The number of benzene rings is 2. The van der Waals surface area contributed by atoms with E-state index < -0.39 is 9.84 Å². The molecule has 2 N–H and O–H groups in total. The molecule has 0 saturated heterocycles. The molecule has 0 saturated carbocycles. The molecule has 2 aromatic rings. The van der Waals surface area contributed by atoms with Crippen molar-refractivity contribution in [2.45, 2.75) is 25.3 Å². The van der Waals surface area contributed by atoms with Crippen molar-refractivity contribution in [1.29, 1.82) is 0 Å². The fraction of sp³-hybridized carbons (Fsp3) is 0.250. The molecule has 0 heterocycles. The van der Waals surface area contributed by atoms with Crippen molar-refractivity contribution in [2.24, 2.45) is 5.73 Å². The molecule has 0 unspecified atom stereocenters. The van der Waals surface area contributed by atoms with Crippen LogP contribution < -0.4 is 5.73 Å². The third-order valence-electron chi connectivity index (χ3n) is 3.50. The van der Waals surface area contributed by atoms with Gasteiger partial charge in [0.15, 0.2) is 9.84 Å². The number of rotatable bonds is 3. The van der Waals surface area contributed by atoms with Gasteiger partial charge < -0.3 is 5.73 Å². The highest BCUT2D eigenvalue weighted by atomic mass is 35.5. The summed E-state index contributed by atoms with van der Waals surface area (Å²) < 4.78 is 23.3. The second-order valence-corrected chi connectivity index (χ2v) is 7.11. The van der Waals surface area contributed by atoms with E-state index in [9.17, 15) is 8.42 Å². The molecule has 2 aromatic carbocycles. The Morgan fingerprint density at radius 3 is 2.05 bits per heavy atom. The zero-order valence-electron chi connectivity index (χ0n) is 12.4. The maximum atomic E-state index is 11.6. The first-order valence-corrected chi connectivity index (χ1v) is 8.32. The minimum Gasteiger partial charge on any atom is -0.326 e. The molecule has 0 aliphatic heterocycles. The fourth-order valence-corrected chi connectivity index (χ4v) is 3.06. The Kier molecular flexibility index (Phi) is 5.56. The Labute approximate surface area is 132 Å². The van der Waals surface area contributed by atoms with E-state index >= 15 is 0 Å². The maximum absolute atomic E-state index is 11.6. The van der Waals surface area contributed by atoms with Crippen molar-refractivity contribution in [1.82, 2.24) is 0 Å². The van der Waals surface area contributed by atoms with Crippen LogP contribution in [0.25, 0.3) is 11.1 Å². The summed E-state index contributed by atoms with van der Waals surface area (Å²) in [6.07, 6.45) is 1.22. The van der Waals surface area contributed by atoms with Gasteiger partial charge in [-0.15, -0.1) is 12.4 Å². The number of sulfone groups is 1.